The first-order valence-electron chi connectivity index (χ1n) is 17.2. The normalized spacial score (nSPS) is 12.5. The van der Waals surface area contributed by atoms with E-state index in [1.54, 1.807) is 6.08 Å². The van der Waals surface area contributed by atoms with Gasteiger partial charge in [0.2, 0.25) is 0 Å². The SMILES string of the molecule is C=C/C=C\C(C(=C)C)=C(\N=C(C)c1ccccc1)c1ccc(-c2cc(/C(=C/C=C)c3ccccc3C)cc(-c3ccnc4ccccc34)c2)cc1. The summed E-state index contributed by atoms with van der Waals surface area (Å²) in [5.74, 6) is 0. The molecule has 51 heavy (non-hydrogen) atoms. The molecule has 5 aromatic carbocycles. The average molecular weight is 659 g/mol. The van der Waals surface area contributed by atoms with E-state index in [0.29, 0.717) is 0 Å². The molecule has 248 valence electrons. The number of aryl methyl sites for hydroxylation is 1. The lowest BCUT2D eigenvalue weighted by molar-refractivity contribution is 1.38. The zero-order valence-corrected chi connectivity index (χ0v) is 29.6. The fraction of sp³-hybridized carbons (Fsp3) is 0.0612. The minimum Gasteiger partial charge on any atom is -0.256 e. The van der Waals surface area contributed by atoms with Crippen LogP contribution in [0.25, 0.3) is 44.4 Å². The molecule has 0 atom stereocenters. The van der Waals surface area contributed by atoms with Gasteiger partial charge in [-0.2, -0.15) is 0 Å². The van der Waals surface area contributed by atoms with E-state index in [1.807, 2.05) is 55.6 Å². The second-order valence-electron chi connectivity index (χ2n) is 12.6. The van der Waals surface area contributed by atoms with Crippen molar-refractivity contribution in [2.24, 2.45) is 4.99 Å². The van der Waals surface area contributed by atoms with E-state index in [0.717, 1.165) is 78.0 Å². The summed E-state index contributed by atoms with van der Waals surface area (Å²) >= 11 is 0. The van der Waals surface area contributed by atoms with Crippen molar-refractivity contribution < 1.29 is 0 Å². The van der Waals surface area contributed by atoms with Crippen LogP contribution in [0.4, 0.5) is 0 Å². The predicted octanol–water partition coefficient (Wildman–Crippen LogP) is 13.0. The first-order chi connectivity index (χ1) is 24.9. The average Bonchev–Trinajstić information content (AvgIpc) is 3.17. The lowest BCUT2D eigenvalue weighted by Gasteiger charge is -2.17. The Bertz CT molecular complexity index is 2360. The molecule has 0 aliphatic rings. The highest BCUT2D eigenvalue weighted by Gasteiger charge is 2.15. The fourth-order valence-corrected chi connectivity index (χ4v) is 6.39. The van der Waals surface area contributed by atoms with Gasteiger partial charge in [-0.25, -0.2) is 0 Å². The Hall–Kier alpha value is -6.38. The number of nitrogens with zero attached hydrogens (tertiary/aromatic N) is 2. The molecule has 0 aliphatic heterocycles. The van der Waals surface area contributed by atoms with Crippen molar-refractivity contribution in [3.8, 4) is 22.3 Å². The molecule has 0 unspecified atom stereocenters. The number of rotatable bonds is 11. The summed E-state index contributed by atoms with van der Waals surface area (Å²) in [5, 5.41) is 1.12. The third-order valence-electron chi connectivity index (χ3n) is 9.00. The summed E-state index contributed by atoms with van der Waals surface area (Å²) < 4.78 is 0. The fourth-order valence-electron chi connectivity index (χ4n) is 6.39. The van der Waals surface area contributed by atoms with Crippen LogP contribution >= 0.6 is 0 Å². The summed E-state index contributed by atoms with van der Waals surface area (Å²) in [6.07, 6.45) is 11.6. The second-order valence-corrected chi connectivity index (χ2v) is 12.6. The molecule has 2 nitrogen and oxygen atoms in total. The van der Waals surface area contributed by atoms with E-state index in [4.69, 9.17) is 4.99 Å². The van der Waals surface area contributed by atoms with Crippen molar-refractivity contribution in [2.75, 3.05) is 0 Å². The molecule has 2 heteroatoms. The Labute approximate surface area is 302 Å². The Morgan fingerprint density at radius 3 is 2.10 bits per heavy atom. The molecule has 1 aromatic heterocycles. The molecule has 0 amide bonds. The largest absolute Gasteiger partial charge is 0.256 e. The van der Waals surface area contributed by atoms with Crippen LogP contribution in [0.2, 0.25) is 0 Å². The zero-order chi connectivity index (χ0) is 35.7. The third kappa shape index (κ3) is 7.77. The maximum atomic E-state index is 5.20. The van der Waals surface area contributed by atoms with Gasteiger partial charge in [-0.15, -0.1) is 0 Å². The predicted molar refractivity (Wildman–Crippen MR) is 221 cm³/mol. The number of hydrogen-bond donors (Lipinski definition) is 0. The van der Waals surface area contributed by atoms with E-state index < -0.39 is 0 Å². The molecule has 0 bridgehead atoms. The van der Waals surface area contributed by atoms with Crippen molar-refractivity contribution in [1.29, 1.82) is 0 Å². The lowest BCUT2D eigenvalue weighted by atomic mass is 9.88. The van der Waals surface area contributed by atoms with Crippen LogP contribution in [0, 0.1) is 6.92 Å². The maximum absolute atomic E-state index is 5.20. The number of hydrogen-bond acceptors (Lipinski definition) is 2. The number of aromatic nitrogens is 1. The number of fused-ring (bicyclic) bond motifs is 1. The summed E-state index contributed by atoms with van der Waals surface area (Å²) in [6, 6.07) is 44.8. The summed E-state index contributed by atoms with van der Waals surface area (Å²) in [7, 11) is 0. The van der Waals surface area contributed by atoms with E-state index >= 15 is 0 Å². The van der Waals surface area contributed by atoms with Gasteiger partial charge >= 0.3 is 0 Å². The first-order valence-corrected chi connectivity index (χ1v) is 17.2. The van der Waals surface area contributed by atoms with Crippen molar-refractivity contribution >= 4 is 27.9 Å². The van der Waals surface area contributed by atoms with Gasteiger partial charge in [-0.3, -0.25) is 9.98 Å². The Kier molecular flexibility index (Phi) is 10.7. The summed E-state index contributed by atoms with van der Waals surface area (Å²) in [5.41, 5.74) is 15.8. The Balaban J connectivity index is 1.54. The van der Waals surface area contributed by atoms with Crippen molar-refractivity contribution in [3.05, 3.63) is 223 Å². The van der Waals surface area contributed by atoms with Crippen molar-refractivity contribution in [1.82, 2.24) is 4.98 Å². The number of pyridine rings is 1. The number of aliphatic imine (C=N–C) groups is 1. The van der Waals surface area contributed by atoms with Crippen LogP contribution in [-0.4, -0.2) is 10.7 Å². The molecule has 1 heterocycles. The van der Waals surface area contributed by atoms with Crippen LogP contribution in [0.3, 0.4) is 0 Å². The number of allylic oxidation sites excluding steroid dienone is 7. The van der Waals surface area contributed by atoms with Crippen LogP contribution in [0.5, 0.6) is 0 Å². The monoisotopic (exact) mass is 658 g/mol. The molecule has 0 N–H and O–H groups in total. The Morgan fingerprint density at radius 1 is 0.667 bits per heavy atom. The van der Waals surface area contributed by atoms with E-state index in [9.17, 15) is 0 Å². The molecular weight excluding hydrogens is 617 g/mol. The van der Waals surface area contributed by atoms with Gasteiger partial charge < -0.3 is 0 Å². The lowest BCUT2D eigenvalue weighted by Crippen LogP contribution is -1.98. The van der Waals surface area contributed by atoms with E-state index in [2.05, 4.69) is 148 Å². The first kappa shape index (κ1) is 34.5. The highest BCUT2D eigenvalue weighted by Crippen LogP contribution is 2.37. The number of benzene rings is 5. The van der Waals surface area contributed by atoms with Gasteiger partial charge in [0.1, 0.15) is 0 Å². The quantitative estimate of drug-likeness (QED) is 0.100. The highest BCUT2D eigenvalue weighted by atomic mass is 14.8. The van der Waals surface area contributed by atoms with E-state index in [-0.39, 0.29) is 0 Å². The molecule has 0 radical (unpaired) electrons. The summed E-state index contributed by atoms with van der Waals surface area (Å²) in [4.78, 5) is 9.85. The molecule has 6 aromatic rings. The van der Waals surface area contributed by atoms with Gasteiger partial charge in [0.25, 0.3) is 0 Å². The zero-order valence-electron chi connectivity index (χ0n) is 29.6. The van der Waals surface area contributed by atoms with Gasteiger partial charge in [-0.1, -0.05) is 147 Å². The third-order valence-corrected chi connectivity index (χ3v) is 9.00. The van der Waals surface area contributed by atoms with Gasteiger partial charge in [-0.05, 0) is 107 Å². The minimum absolute atomic E-state index is 0.863. The standard InChI is InChI=1S/C49H42N2/c1-7-9-21-43(34(3)4)49(51-36(6)37-19-11-10-12-20-37)39-27-25-38(26-28-39)40-31-41(45(17-8-2)44-22-14-13-18-35(44)5)33-42(32-40)46-29-30-50-48-24-16-15-23-47(46)48/h7-33H,1-3H2,4-6H3/b21-9-,45-17-,49-43-,51-36?. The molecular formula is C49H42N2. The van der Waals surface area contributed by atoms with Gasteiger partial charge in [0.05, 0.1) is 11.2 Å². The second kappa shape index (κ2) is 15.9. The minimum atomic E-state index is 0.863. The summed E-state index contributed by atoms with van der Waals surface area (Å²) in [6.45, 7) is 18.5. The highest BCUT2D eigenvalue weighted by molar-refractivity contribution is 6.02. The molecule has 6 rings (SSSR count). The Morgan fingerprint density at radius 2 is 1.37 bits per heavy atom. The molecule has 0 spiro atoms. The topological polar surface area (TPSA) is 25.2 Å². The smallest absolute Gasteiger partial charge is 0.0780 e. The van der Waals surface area contributed by atoms with Crippen LogP contribution in [0.15, 0.2) is 200 Å². The van der Waals surface area contributed by atoms with Crippen LogP contribution in [-0.2, 0) is 0 Å². The molecule has 0 aliphatic carbocycles. The maximum Gasteiger partial charge on any atom is 0.0780 e. The molecule has 0 fully saturated rings. The van der Waals surface area contributed by atoms with Gasteiger partial charge in [0, 0.05) is 28.4 Å². The molecule has 0 saturated heterocycles. The van der Waals surface area contributed by atoms with Gasteiger partial charge in [0.15, 0.2) is 0 Å². The van der Waals surface area contributed by atoms with Crippen LogP contribution in [0.1, 0.15) is 41.7 Å². The van der Waals surface area contributed by atoms with Crippen molar-refractivity contribution in [2.45, 2.75) is 20.8 Å². The van der Waals surface area contributed by atoms with Crippen LogP contribution < -0.4 is 0 Å². The van der Waals surface area contributed by atoms with E-state index in [1.165, 1.54) is 11.1 Å². The number of para-hydroxylation sites is 1. The van der Waals surface area contributed by atoms with Crippen molar-refractivity contribution in [3.63, 3.8) is 0 Å². The molecule has 0 saturated carbocycles.